The summed E-state index contributed by atoms with van der Waals surface area (Å²) in [6, 6.07) is 13.9. The highest BCUT2D eigenvalue weighted by Crippen LogP contribution is 2.14. The van der Waals surface area contributed by atoms with Gasteiger partial charge in [0.25, 0.3) is 5.91 Å². The summed E-state index contributed by atoms with van der Waals surface area (Å²) in [6.45, 7) is 6.53. The molecule has 0 aliphatic carbocycles. The van der Waals surface area contributed by atoms with Gasteiger partial charge in [0, 0.05) is 22.7 Å². The van der Waals surface area contributed by atoms with Crippen LogP contribution < -0.4 is 10.6 Å². The third-order valence-corrected chi connectivity index (χ3v) is 4.36. The standard InChI is InChI=1S/C23H26N2O5/c1-14(2)21(27)25-19-12-10-17(11-13-19)20(26)16(4)30-23(29)15(3)24-22(28)18-8-6-5-7-9-18/h5-16H,1-4H3,(H,24,28)(H,25,27)/t15-,16+/m0/s1. The molecule has 2 N–H and O–H groups in total. The fourth-order valence-corrected chi connectivity index (χ4v) is 2.50. The monoisotopic (exact) mass is 410 g/mol. The van der Waals surface area contributed by atoms with Gasteiger partial charge < -0.3 is 15.4 Å². The van der Waals surface area contributed by atoms with E-state index in [0.29, 0.717) is 16.8 Å². The maximum atomic E-state index is 12.5. The number of Topliss-reactive ketones (excluding diaryl/α,β-unsaturated/α-hetero) is 1. The van der Waals surface area contributed by atoms with E-state index in [9.17, 15) is 19.2 Å². The predicted octanol–water partition coefficient (Wildman–Crippen LogP) is 3.21. The van der Waals surface area contributed by atoms with Crippen molar-refractivity contribution >= 4 is 29.3 Å². The molecule has 2 aromatic carbocycles. The molecule has 30 heavy (non-hydrogen) atoms. The molecule has 0 heterocycles. The van der Waals surface area contributed by atoms with Crippen LogP contribution in [0.2, 0.25) is 0 Å². The zero-order valence-electron chi connectivity index (χ0n) is 17.5. The second-order valence-corrected chi connectivity index (χ2v) is 7.23. The summed E-state index contributed by atoms with van der Waals surface area (Å²) in [5, 5.41) is 5.29. The van der Waals surface area contributed by atoms with Gasteiger partial charge in [-0.2, -0.15) is 0 Å². The van der Waals surface area contributed by atoms with Crippen molar-refractivity contribution in [3.8, 4) is 0 Å². The van der Waals surface area contributed by atoms with Crippen LogP contribution in [0.25, 0.3) is 0 Å². The Bertz CT molecular complexity index is 907. The van der Waals surface area contributed by atoms with Gasteiger partial charge in [-0.3, -0.25) is 14.4 Å². The number of benzene rings is 2. The van der Waals surface area contributed by atoms with Crippen molar-refractivity contribution in [3.63, 3.8) is 0 Å². The highest BCUT2D eigenvalue weighted by Gasteiger charge is 2.24. The second kappa shape index (κ2) is 10.3. The van der Waals surface area contributed by atoms with Gasteiger partial charge in [-0.05, 0) is 50.2 Å². The molecule has 158 valence electrons. The quantitative estimate of drug-likeness (QED) is 0.514. The normalized spacial score (nSPS) is 12.6. The minimum atomic E-state index is -1.02. The maximum absolute atomic E-state index is 12.5. The van der Waals surface area contributed by atoms with Gasteiger partial charge in [0.1, 0.15) is 6.04 Å². The van der Waals surface area contributed by atoms with Crippen LogP contribution in [-0.4, -0.2) is 35.7 Å². The van der Waals surface area contributed by atoms with Gasteiger partial charge >= 0.3 is 5.97 Å². The van der Waals surface area contributed by atoms with Gasteiger partial charge in [0.2, 0.25) is 11.7 Å². The van der Waals surface area contributed by atoms with E-state index in [1.807, 2.05) is 0 Å². The number of ketones is 1. The molecule has 0 fully saturated rings. The first-order chi connectivity index (χ1) is 14.2. The van der Waals surface area contributed by atoms with Crippen molar-refractivity contribution in [2.45, 2.75) is 39.8 Å². The Morgan fingerprint density at radius 1 is 0.800 bits per heavy atom. The van der Waals surface area contributed by atoms with E-state index >= 15 is 0 Å². The molecule has 2 aromatic rings. The van der Waals surface area contributed by atoms with Crippen molar-refractivity contribution in [1.82, 2.24) is 5.32 Å². The highest BCUT2D eigenvalue weighted by molar-refractivity contribution is 6.01. The summed E-state index contributed by atoms with van der Waals surface area (Å²) in [7, 11) is 0. The van der Waals surface area contributed by atoms with Crippen molar-refractivity contribution < 1.29 is 23.9 Å². The Morgan fingerprint density at radius 3 is 1.97 bits per heavy atom. The molecule has 0 spiro atoms. The van der Waals surface area contributed by atoms with Gasteiger partial charge in [-0.1, -0.05) is 32.0 Å². The lowest BCUT2D eigenvalue weighted by Crippen LogP contribution is -2.41. The van der Waals surface area contributed by atoms with E-state index < -0.39 is 24.0 Å². The Balaban J connectivity index is 1.92. The van der Waals surface area contributed by atoms with E-state index in [-0.39, 0.29) is 17.6 Å². The average Bonchev–Trinajstić information content (AvgIpc) is 2.74. The topological polar surface area (TPSA) is 102 Å². The molecule has 0 aliphatic rings. The zero-order valence-corrected chi connectivity index (χ0v) is 17.5. The highest BCUT2D eigenvalue weighted by atomic mass is 16.5. The van der Waals surface area contributed by atoms with Gasteiger partial charge in [0.15, 0.2) is 6.10 Å². The van der Waals surface area contributed by atoms with Crippen molar-refractivity contribution in [2.24, 2.45) is 5.92 Å². The minimum Gasteiger partial charge on any atom is -0.453 e. The summed E-state index contributed by atoms with van der Waals surface area (Å²) in [5.74, 6) is -1.77. The van der Waals surface area contributed by atoms with Crippen LogP contribution in [0.3, 0.4) is 0 Å². The number of esters is 1. The van der Waals surface area contributed by atoms with Crippen molar-refractivity contribution in [1.29, 1.82) is 0 Å². The average molecular weight is 410 g/mol. The van der Waals surface area contributed by atoms with Gasteiger partial charge in [-0.15, -0.1) is 0 Å². The van der Waals surface area contributed by atoms with Crippen molar-refractivity contribution in [3.05, 3.63) is 65.7 Å². The summed E-state index contributed by atoms with van der Waals surface area (Å²) < 4.78 is 5.22. The number of ether oxygens (including phenoxy) is 1. The Morgan fingerprint density at radius 2 is 1.40 bits per heavy atom. The van der Waals surface area contributed by atoms with E-state index in [0.717, 1.165) is 0 Å². The fraction of sp³-hybridized carbons (Fsp3) is 0.304. The van der Waals surface area contributed by atoms with E-state index in [1.54, 1.807) is 68.4 Å². The van der Waals surface area contributed by atoms with Crippen LogP contribution in [0.5, 0.6) is 0 Å². The fourth-order valence-electron chi connectivity index (χ4n) is 2.50. The number of hydrogen-bond donors (Lipinski definition) is 2. The Hall–Kier alpha value is -3.48. The van der Waals surface area contributed by atoms with E-state index in [1.165, 1.54) is 13.8 Å². The molecule has 7 nitrogen and oxygen atoms in total. The number of anilines is 1. The summed E-state index contributed by atoms with van der Waals surface area (Å²) in [6.07, 6.45) is -1.02. The maximum Gasteiger partial charge on any atom is 0.329 e. The number of hydrogen-bond acceptors (Lipinski definition) is 5. The predicted molar refractivity (Wildman–Crippen MR) is 113 cm³/mol. The molecule has 2 atom stereocenters. The molecule has 2 amide bonds. The lowest BCUT2D eigenvalue weighted by atomic mass is 10.1. The molecule has 0 radical (unpaired) electrons. The van der Waals surface area contributed by atoms with E-state index in [2.05, 4.69) is 10.6 Å². The Labute approximate surface area is 175 Å². The number of nitrogens with one attached hydrogen (secondary N) is 2. The van der Waals surface area contributed by atoms with Crippen LogP contribution in [0.4, 0.5) is 5.69 Å². The minimum absolute atomic E-state index is 0.122. The SMILES string of the molecule is CC(C)C(=O)Nc1ccc(C(=O)[C@@H](C)OC(=O)[C@H](C)NC(=O)c2ccccc2)cc1. The molecule has 0 unspecified atom stereocenters. The van der Waals surface area contributed by atoms with Crippen LogP contribution in [0, 0.1) is 5.92 Å². The molecule has 7 heteroatoms. The van der Waals surface area contributed by atoms with Gasteiger partial charge in [0.05, 0.1) is 0 Å². The summed E-state index contributed by atoms with van der Waals surface area (Å²) in [5.41, 5.74) is 1.34. The van der Waals surface area contributed by atoms with Crippen molar-refractivity contribution in [2.75, 3.05) is 5.32 Å². The number of rotatable bonds is 8. The molecule has 0 saturated carbocycles. The van der Waals surface area contributed by atoms with Crippen LogP contribution in [0.15, 0.2) is 54.6 Å². The molecular formula is C23H26N2O5. The smallest absolute Gasteiger partial charge is 0.329 e. The lowest BCUT2D eigenvalue weighted by molar-refractivity contribution is -0.148. The number of carbonyl (C=O) groups excluding carboxylic acids is 4. The van der Waals surface area contributed by atoms with E-state index in [4.69, 9.17) is 4.74 Å². The molecule has 0 aromatic heterocycles. The number of carbonyl (C=O) groups is 4. The second-order valence-electron chi connectivity index (χ2n) is 7.23. The first-order valence-electron chi connectivity index (χ1n) is 9.70. The molecular weight excluding hydrogens is 384 g/mol. The van der Waals surface area contributed by atoms with Gasteiger partial charge in [-0.25, -0.2) is 4.79 Å². The van der Waals surface area contributed by atoms with Crippen LogP contribution in [-0.2, 0) is 14.3 Å². The zero-order chi connectivity index (χ0) is 22.3. The molecule has 0 bridgehead atoms. The van der Waals surface area contributed by atoms with Crippen LogP contribution >= 0.6 is 0 Å². The molecule has 0 saturated heterocycles. The Kier molecular flexibility index (Phi) is 7.86. The third kappa shape index (κ3) is 6.27. The first-order valence-corrected chi connectivity index (χ1v) is 9.70. The lowest BCUT2D eigenvalue weighted by Gasteiger charge is -2.17. The first kappa shape index (κ1) is 22.8. The summed E-state index contributed by atoms with van der Waals surface area (Å²) in [4.78, 5) is 48.7. The third-order valence-electron chi connectivity index (χ3n) is 4.36. The summed E-state index contributed by atoms with van der Waals surface area (Å²) >= 11 is 0. The molecule has 2 rings (SSSR count). The largest absolute Gasteiger partial charge is 0.453 e. The number of amides is 2. The van der Waals surface area contributed by atoms with Crippen LogP contribution in [0.1, 0.15) is 48.4 Å². The molecule has 0 aliphatic heterocycles.